The van der Waals surface area contributed by atoms with Crippen molar-refractivity contribution >= 4 is 23.2 Å². The summed E-state index contributed by atoms with van der Waals surface area (Å²) in [6, 6.07) is 13.0. The summed E-state index contributed by atoms with van der Waals surface area (Å²) < 4.78 is 44.2. The third kappa shape index (κ3) is 7.72. The van der Waals surface area contributed by atoms with Crippen molar-refractivity contribution in [2.45, 2.75) is 26.6 Å². The van der Waals surface area contributed by atoms with Crippen LogP contribution in [0, 0.1) is 0 Å². The molecule has 0 aliphatic rings. The number of aliphatic imine (C=N–C) groups is 1. The largest absolute Gasteiger partial charge is 0.495 e. The number of nitrogens with zero attached hydrogens (tertiary/aromatic N) is 3. The highest BCUT2D eigenvalue weighted by molar-refractivity contribution is 6.01. The second-order valence-electron chi connectivity index (χ2n) is 7.33. The molecule has 2 aromatic carbocycles. The second kappa shape index (κ2) is 13.1. The Labute approximate surface area is 209 Å². The zero-order valence-electron chi connectivity index (χ0n) is 20.8. The van der Waals surface area contributed by atoms with Crippen molar-refractivity contribution in [3.63, 3.8) is 0 Å². The van der Waals surface area contributed by atoms with E-state index in [-0.39, 0.29) is 11.4 Å². The Bertz CT molecular complexity index is 1170. The summed E-state index contributed by atoms with van der Waals surface area (Å²) >= 11 is 0. The number of hydrogen-bond acceptors (Lipinski definition) is 4. The minimum atomic E-state index is -4.55. The summed E-state index contributed by atoms with van der Waals surface area (Å²) in [5.74, 6) is 0.885. The number of halogens is 3. The number of anilines is 2. The molecular formula is C26H30F3N5O2. The molecule has 7 nitrogen and oxygen atoms in total. The van der Waals surface area contributed by atoms with Crippen LogP contribution in [0.4, 0.5) is 29.3 Å². The zero-order valence-corrected chi connectivity index (χ0v) is 20.8. The van der Waals surface area contributed by atoms with Gasteiger partial charge in [0.1, 0.15) is 11.6 Å². The first-order chi connectivity index (χ1) is 17.2. The van der Waals surface area contributed by atoms with E-state index >= 15 is 0 Å². The molecule has 0 saturated heterocycles. The average molecular weight is 502 g/mol. The third-order valence-corrected chi connectivity index (χ3v) is 4.89. The summed E-state index contributed by atoms with van der Waals surface area (Å²) in [5, 5.41) is 5.07. The summed E-state index contributed by atoms with van der Waals surface area (Å²) in [4.78, 5) is 22.8. The van der Waals surface area contributed by atoms with Crippen LogP contribution in [0.2, 0.25) is 0 Å². The number of carbonyl (C=O) groups is 1. The standard InChI is InChI=1S/C24H24F3N5O2.C2H6/c1-28-22(17-9-11-29-12-10-17)32(2)15-16-5-4-6-19(13-16)30-23(33)31-20-14-18(24(25,26)27)7-8-21(20)34-3;1-2/h4-14H,15H2,1-3H3,(H2,30,31,33);1-2H3. The van der Waals surface area contributed by atoms with Crippen LogP contribution in [0.1, 0.15) is 30.5 Å². The molecule has 0 spiro atoms. The number of benzene rings is 2. The fourth-order valence-electron chi connectivity index (χ4n) is 3.38. The number of rotatable bonds is 6. The molecule has 192 valence electrons. The van der Waals surface area contributed by atoms with Crippen LogP contribution in [0.5, 0.6) is 5.75 Å². The molecule has 1 aromatic heterocycles. The average Bonchev–Trinajstić information content (AvgIpc) is 2.86. The molecule has 36 heavy (non-hydrogen) atoms. The first-order valence-electron chi connectivity index (χ1n) is 11.2. The van der Waals surface area contributed by atoms with Crippen LogP contribution >= 0.6 is 0 Å². The number of alkyl halides is 3. The minimum Gasteiger partial charge on any atom is -0.495 e. The van der Waals surface area contributed by atoms with Gasteiger partial charge in [-0.2, -0.15) is 13.2 Å². The van der Waals surface area contributed by atoms with Gasteiger partial charge >= 0.3 is 12.2 Å². The van der Waals surface area contributed by atoms with Crippen molar-refractivity contribution in [1.29, 1.82) is 0 Å². The lowest BCUT2D eigenvalue weighted by molar-refractivity contribution is -0.137. The number of ether oxygens (including phenoxy) is 1. The van der Waals surface area contributed by atoms with Gasteiger partial charge in [0.15, 0.2) is 0 Å². The monoisotopic (exact) mass is 501 g/mol. The minimum absolute atomic E-state index is 0.0909. The number of aromatic nitrogens is 1. The first-order valence-corrected chi connectivity index (χ1v) is 11.2. The molecule has 1 heterocycles. The van der Waals surface area contributed by atoms with E-state index in [1.54, 1.807) is 37.6 Å². The van der Waals surface area contributed by atoms with Gasteiger partial charge < -0.3 is 20.3 Å². The summed E-state index contributed by atoms with van der Waals surface area (Å²) in [7, 11) is 4.91. The molecular weight excluding hydrogens is 471 g/mol. The number of methoxy groups -OCH3 is 1. The van der Waals surface area contributed by atoms with Gasteiger partial charge in [0.25, 0.3) is 0 Å². The molecule has 0 fully saturated rings. The molecule has 0 atom stereocenters. The van der Waals surface area contributed by atoms with Crippen LogP contribution in [-0.4, -0.2) is 43.0 Å². The quantitative estimate of drug-likeness (QED) is 0.307. The summed E-state index contributed by atoms with van der Waals surface area (Å²) in [6.45, 7) is 4.51. The van der Waals surface area contributed by atoms with E-state index in [4.69, 9.17) is 4.74 Å². The lowest BCUT2D eigenvalue weighted by Crippen LogP contribution is -2.27. The second-order valence-corrected chi connectivity index (χ2v) is 7.33. The van der Waals surface area contributed by atoms with Gasteiger partial charge in [-0.25, -0.2) is 4.79 Å². The number of amidine groups is 1. The number of urea groups is 1. The molecule has 0 saturated carbocycles. The molecule has 2 amide bonds. The van der Waals surface area contributed by atoms with Crippen molar-refractivity contribution in [3.05, 3.63) is 83.7 Å². The van der Waals surface area contributed by atoms with Gasteiger partial charge in [-0.1, -0.05) is 26.0 Å². The summed E-state index contributed by atoms with van der Waals surface area (Å²) in [5.41, 5.74) is 1.31. The van der Waals surface area contributed by atoms with Gasteiger partial charge in [0, 0.05) is 44.3 Å². The van der Waals surface area contributed by atoms with Crippen LogP contribution in [0.3, 0.4) is 0 Å². The molecule has 0 aliphatic carbocycles. The SMILES string of the molecule is CC.CN=C(c1ccncc1)N(C)Cc1cccc(NC(=O)Nc2cc(C(F)(F)F)ccc2OC)c1. The van der Waals surface area contributed by atoms with Crippen molar-refractivity contribution in [2.75, 3.05) is 31.8 Å². The van der Waals surface area contributed by atoms with Gasteiger partial charge in [0.2, 0.25) is 0 Å². The highest BCUT2D eigenvalue weighted by Crippen LogP contribution is 2.35. The third-order valence-electron chi connectivity index (χ3n) is 4.89. The lowest BCUT2D eigenvalue weighted by Gasteiger charge is -2.21. The lowest BCUT2D eigenvalue weighted by atomic mass is 10.1. The number of carbonyl (C=O) groups excluding carboxylic acids is 1. The van der Waals surface area contributed by atoms with E-state index in [2.05, 4.69) is 20.6 Å². The van der Waals surface area contributed by atoms with E-state index < -0.39 is 17.8 Å². The Kier molecular flexibility index (Phi) is 10.3. The smallest absolute Gasteiger partial charge is 0.416 e. The van der Waals surface area contributed by atoms with Crippen molar-refractivity contribution in [3.8, 4) is 5.75 Å². The van der Waals surface area contributed by atoms with Crippen molar-refractivity contribution in [1.82, 2.24) is 9.88 Å². The van der Waals surface area contributed by atoms with Gasteiger partial charge in [-0.05, 0) is 48.0 Å². The highest BCUT2D eigenvalue weighted by Gasteiger charge is 2.31. The Morgan fingerprint density at radius 2 is 1.75 bits per heavy atom. The zero-order chi connectivity index (χ0) is 26.7. The van der Waals surface area contributed by atoms with Crippen molar-refractivity contribution < 1.29 is 22.7 Å². The predicted molar refractivity (Wildman–Crippen MR) is 137 cm³/mol. The fraction of sp³-hybridized carbons (Fsp3) is 0.269. The number of pyridine rings is 1. The molecule has 3 rings (SSSR count). The predicted octanol–water partition coefficient (Wildman–Crippen LogP) is 6.29. The maximum atomic E-state index is 13.0. The number of hydrogen-bond donors (Lipinski definition) is 2. The maximum absolute atomic E-state index is 13.0. The van der Waals surface area contributed by atoms with E-state index in [0.29, 0.717) is 12.2 Å². The Morgan fingerprint density at radius 1 is 1.06 bits per heavy atom. The van der Waals surface area contributed by atoms with Gasteiger partial charge in [-0.15, -0.1) is 0 Å². The molecule has 10 heteroatoms. The highest BCUT2D eigenvalue weighted by atomic mass is 19.4. The molecule has 2 N–H and O–H groups in total. The molecule has 0 radical (unpaired) electrons. The van der Waals surface area contributed by atoms with E-state index in [0.717, 1.165) is 35.2 Å². The molecule has 0 bridgehead atoms. The van der Waals surface area contributed by atoms with Crippen LogP contribution < -0.4 is 15.4 Å². The van der Waals surface area contributed by atoms with Crippen LogP contribution in [-0.2, 0) is 12.7 Å². The summed E-state index contributed by atoms with van der Waals surface area (Å²) in [6.07, 6.45) is -1.16. The van der Waals surface area contributed by atoms with Crippen molar-refractivity contribution in [2.24, 2.45) is 4.99 Å². The van der Waals surface area contributed by atoms with E-state index in [9.17, 15) is 18.0 Å². The van der Waals surface area contributed by atoms with E-state index in [1.165, 1.54) is 7.11 Å². The number of amides is 2. The van der Waals surface area contributed by atoms with Gasteiger partial charge in [0.05, 0.1) is 18.4 Å². The Hall–Kier alpha value is -4.08. The molecule has 3 aromatic rings. The maximum Gasteiger partial charge on any atom is 0.416 e. The van der Waals surface area contributed by atoms with Crippen LogP contribution in [0.25, 0.3) is 0 Å². The van der Waals surface area contributed by atoms with E-state index in [1.807, 2.05) is 44.0 Å². The first kappa shape index (κ1) is 28.2. The molecule has 0 aliphatic heterocycles. The topological polar surface area (TPSA) is 78.9 Å². The normalized spacial score (nSPS) is 11.2. The molecule has 0 unspecified atom stereocenters. The van der Waals surface area contributed by atoms with Gasteiger partial charge in [-0.3, -0.25) is 9.98 Å². The fourth-order valence-corrected chi connectivity index (χ4v) is 3.38. The van der Waals surface area contributed by atoms with Crippen LogP contribution in [0.15, 0.2) is 72.0 Å². The Morgan fingerprint density at radius 3 is 2.36 bits per heavy atom. The number of nitrogens with one attached hydrogen (secondary N) is 2. The Balaban J connectivity index is 0.00000222.